The lowest BCUT2D eigenvalue weighted by Crippen LogP contribution is -2.45. The molecule has 3 aliphatic heterocycles. The van der Waals surface area contributed by atoms with Crippen molar-refractivity contribution in [2.45, 2.75) is 37.1 Å². The number of aromatic nitrogens is 4. The summed E-state index contributed by atoms with van der Waals surface area (Å²) in [5, 5.41) is 11.0. The molecule has 29 heavy (non-hydrogen) atoms. The fourth-order valence-electron chi connectivity index (χ4n) is 4.21. The number of carbonyl (C=O) groups is 1. The van der Waals surface area contributed by atoms with Gasteiger partial charge in [-0.15, -0.1) is 0 Å². The number of rotatable bonds is 5. The summed E-state index contributed by atoms with van der Waals surface area (Å²) in [6, 6.07) is -0.133. The molecule has 11 heteroatoms. The molecule has 1 amide bonds. The van der Waals surface area contributed by atoms with Crippen molar-refractivity contribution in [3.05, 3.63) is 23.6 Å². The molecule has 0 bridgehead atoms. The van der Waals surface area contributed by atoms with Crippen molar-refractivity contribution in [3.63, 3.8) is 0 Å². The van der Waals surface area contributed by atoms with Crippen LogP contribution in [0.15, 0.2) is 18.6 Å². The third-order valence-electron chi connectivity index (χ3n) is 5.56. The Bertz CT molecular complexity index is 923. The van der Waals surface area contributed by atoms with E-state index in [0.717, 1.165) is 18.7 Å². The summed E-state index contributed by atoms with van der Waals surface area (Å²) in [5.41, 5.74) is 0.780. The Morgan fingerprint density at radius 3 is 2.86 bits per heavy atom. The molecule has 10 nitrogen and oxygen atoms in total. The second kappa shape index (κ2) is 7.43. The number of nitrogens with zero attached hydrogens (tertiary/aromatic N) is 5. The first kappa shape index (κ1) is 18.6. The van der Waals surface area contributed by atoms with Gasteiger partial charge in [0, 0.05) is 26.2 Å². The summed E-state index contributed by atoms with van der Waals surface area (Å²) < 4.78 is 13.7. The molecule has 3 fully saturated rings. The lowest BCUT2D eigenvalue weighted by atomic mass is 10.1. The molecule has 4 atom stereocenters. The molecular formula is C18H22ClN7O3. The van der Waals surface area contributed by atoms with E-state index in [1.54, 1.807) is 17.1 Å². The number of fused-ring (bicyclic) bond motifs is 1. The Morgan fingerprint density at radius 2 is 2.10 bits per heavy atom. The summed E-state index contributed by atoms with van der Waals surface area (Å²) in [7, 11) is 1.84. The van der Waals surface area contributed by atoms with Gasteiger partial charge in [-0.05, 0) is 6.42 Å². The first-order valence-corrected chi connectivity index (χ1v) is 10.0. The second-order valence-corrected chi connectivity index (χ2v) is 7.93. The first-order chi connectivity index (χ1) is 14.1. The van der Waals surface area contributed by atoms with E-state index >= 15 is 0 Å². The summed E-state index contributed by atoms with van der Waals surface area (Å²) >= 11 is 6.31. The molecular weight excluding hydrogens is 398 g/mol. The molecule has 0 saturated carbocycles. The van der Waals surface area contributed by atoms with Crippen molar-refractivity contribution < 1.29 is 14.3 Å². The van der Waals surface area contributed by atoms with Crippen molar-refractivity contribution in [3.8, 4) is 0 Å². The number of carbonyl (C=O) groups excluding carboxylic acids is 1. The zero-order chi connectivity index (χ0) is 20.0. The summed E-state index contributed by atoms with van der Waals surface area (Å²) in [4.78, 5) is 22.7. The van der Waals surface area contributed by atoms with Crippen molar-refractivity contribution >= 4 is 35.0 Å². The molecule has 3 aliphatic rings. The average molecular weight is 420 g/mol. The lowest BCUT2D eigenvalue weighted by molar-refractivity contribution is -0.131. The van der Waals surface area contributed by atoms with Crippen LogP contribution in [0.1, 0.15) is 12.8 Å². The number of anilines is 3. The quantitative estimate of drug-likeness (QED) is 0.744. The van der Waals surface area contributed by atoms with Gasteiger partial charge < -0.3 is 25.0 Å². The molecule has 0 aromatic carbocycles. The van der Waals surface area contributed by atoms with Crippen molar-refractivity contribution in [1.29, 1.82) is 0 Å². The molecule has 0 aliphatic carbocycles. The van der Waals surface area contributed by atoms with E-state index in [1.807, 2.05) is 18.1 Å². The zero-order valence-corrected chi connectivity index (χ0v) is 16.7. The molecule has 5 heterocycles. The van der Waals surface area contributed by atoms with Gasteiger partial charge in [0.2, 0.25) is 11.9 Å². The summed E-state index contributed by atoms with van der Waals surface area (Å²) in [6.45, 7) is 1.72. The highest BCUT2D eigenvalue weighted by Crippen LogP contribution is 2.34. The fourth-order valence-corrected chi connectivity index (χ4v) is 4.35. The van der Waals surface area contributed by atoms with E-state index in [9.17, 15) is 4.79 Å². The van der Waals surface area contributed by atoms with Gasteiger partial charge in [0.05, 0.1) is 43.4 Å². The maximum Gasteiger partial charge on any atom is 0.229 e. The largest absolute Gasteiger partial charge is 0.371 e. The van der Waals surface area contributed by atoms with Gasteiger partial charge in [0.15, 0.2) is 5.82 Å². The standard InChI is InChI=1S/C18H22ClN7O3/c1-25-7-10(5-21-25)22-18-20-6-11(19)17(24-18)23-12-8-28-16-13(9-29-15(12)16)26-4-2-3-14(26)27/h5-7,12-13,15-16H,2-4,8-9H2,1H3,(H2,20,22,23,24)/t12-,13+,15?,16?/m1/s1. The van der Waals surface area contributed by atoms with Gasteiger partial charge in [-0.2, -0.15) is 10.1 Å². The third kappa shape index (κ3) is 3.52. The Labute approximate surface area is 172 Å². The summed E-state index contributed by atoms with van der Waals surface area (Å²) in [6.07, 6.45) is 6.28. The van der Waals surface area contributed by atoms with E-state index in [1.165, 1.54) is 0 Å². The van der Waals surface area contributed by atoms with Gasteiger partial charge in [-0.1, -0.05) is 11.6 Å². The van der Waals surface area contributed by atoms with Crippen LogP contribution in [0, 0.1) is 0 Å². The van der Waals surface area contributed by atoms with Crippen molar-refractivity contribution in [2.24, 2.45) is 7.05 Å². The molecule has 0 radical (unpaired) electrons. The topological polar surface area (TPSA) is 106 Å². The molecule has 154 valence electrons. The van der Waals surface area contributed by atoms with Crippen LogP contribution in [0.3, 0.4) is 0 Å². The normalized spacial score (nSPS) is 28.8. The number of likely N-dealkylation sites (tertiary alicyclic amines) is 1. The number of aryl methyl sites for hydroxylation is 1. The van der Waals surface area contributed by atoms with Crippen LogP contribution in [0.5, 0.6) is 0 Å². The van der Waals surface area contributed by atoms with E-state index < -0.39 is 0 Å². The molecule has 2 N–H and O–H groups in total. The smallest absolute Gasteiger partial charge is 0.229 e. The number of hydrogen-bond donors (Lipinski definition) is 2. The van der Waals surface area contributed by atoms with Gasteiger partial charge in [0.1, 0.15) is 17.2 Å². The SMILES string of the molecule is Cn1cc(Nc2ncc(Cl)c(N[C@@H]3COC4C3OC[C@@H]4N3CCCC3=O)n2)cn1. The molecule has 3 saturated heterocycles. The molecule has 2 aromatic heterocycles. The monoisotopic (exact) mass is 419 g/mol. The number of nitrogens with one attached hydrogen (secondary N) is 2. The lowest BCUT2D eigenvalue weighted by Gasteiger charge is -2.26. The second-order valence-electron chi connectivity index (χ2n) is 7.52. The molecule has 2 unspecified atom stereocenters. The van der Waals surface area contributed by atoms with Crippen LogP contribution in [0.2, 0.25) is 5.02 Å². The third-order valence-corrected chi connectivity index (χ3v) is 5.84. The predicted octanol–water partition coefficient (Wildman–Crippen LogP) is 1.18. The fraction of sp³-hybridized carbons (Fsp3) is 0.556. The summed E-state index contributed by atoms with van der Waals surface area (Å²) in [5.74, 6) is 1.10. The minimum atomic E-state index is -0.158. The highest BCUT2D eigenvalue weighted by molar-refractivity contribution is 6.32. The maximum absolute atomic E-state index is 12.1. The predicted molar refractivity (Wildman–Crippen MR) is 105 cm³/mol. The van der Waals surface area contributed by atoms with Crippen molar-refractivity contribution in [2.75, 3.05) is 30.4 Å². The van der Waals surface area contributed by atoms with Crippen LogP contribution >= 0.6 is 11.6 Å². The van der Waals surface area contributed by atoms with E-state index in [4.69, 9.17) is 21.1 Å². The van der Waals surface area contributed by atoms with E-state index in [0.29, 0.717) is 36.4 Å². The average Bonchev–Trinajstić information content (AvgIpc) is 3.46. The van der Waals surface area contributed by atoms with Crippen LogP contribution < -0.4 is 10.6 Å². The Hall–Kier alpha value is -2.43. The highest BCUT2D eigenvalue weighted by Gasteiger charge is 2.51. The van der Waals surface area contributed by atoms with E-state index in [2.05, 4.69) is 25.7 Å². The zero-order valence-electron chi connectivity index (χ0n) is 15.9. The minimum absolute atomic E-state index is 0.0227. The number of ether oxygens (including phenoxy) is 2. The van der Waals surface area contributed by atoms with Crippen molar-refractivity contribution in [1.82, 2.24) is 24.6 Å². The molecule has 0 spiro atoms. The number of halogens is 1. The van der Waals surface area contributed by atoms with Gasteiger partial charge in [-0.25, -0.2) is 4.98 Å². The van der Waals surface area contributed by atoms with Crippen LogP contribution in [-0.2, 0) is 21.3 Å². The van der Waals surface area contributed by atoms with Crippen LogP contribution in [0.4, 0.5) is 17.5 Å². The Morgan fingerprint density at radius 1 is 1.24 bits per heavy atom. The van der Waals surface area contributed by atoms with Gasteiger partial charge in [0.25, 0.3) is 0 Å². The Kier molecular flexibility index (Phi) is 4.76. The van der Waals surface area contributed by atoms with Crippen LogP contribution in [-0.4, -0.2) is 74.6 Å². The first-order valence-electron chi connectivity index (χ1n) is 9.66. The van der Waals surface area contributed by atoms with Gasteiger partial charge >= 0.3 is 0 Å². The van der Waals surface area contributed by atoms with E-state index in [-0.39, 0.29) is 30.2 Å². The number of amides is 1. The maximum atomic E-state index is 12.1. The highest BCUT2D eigenvalue weighted by atomic mass is 35.5. The number of hydrogen-bond acceptors (Lipinski definition) is 8. The minimum Gasteiger partial charge on any atom is -0.371 e. The van der Waals surface area contributed by atoms with Crippen LogP contribution in [0.25, 0.3) is 0 Å². The van der Waals surface area contributed by atoms with Gasteiger partial charge in [-0.3, -0.25) is 9.48 Å². The Balaban J connectivity index is 1.28. The molecule has 5 rings (SSSR count). The molecule has 2 aromatic rings.